The molecule has 0 aliphatic carbocycles. The fraction of sp³-hybridized carbons (Fsp3) is 0.300. The van der Waals surface area contributed by atoms with Crippen LogP contribution in [-0.4, -0.2) is 39.6 Å². The van der Waals surface area contributed by atoms with Crippen molar-refractivity contribution in [3.63, 3.8) is 0 Å². The van der Waals surface area contributed by atoms with E-state index in [-0.39, 0.29) is 11.7 Å². The number of aryl methyl sites for hydroxylation is 1. The van der Waals surface area contributed by atoms with Gasteiger partial charge in [0.2, 0.25) is 5.75 Å². The Balaban J connectivity index is 2.06. The van der Waals surface area contributed by atoms with Crippen molar-refractivity contribution in [3.8, 4) is 17.2 Å². The normalized spacial score (nSPS) is 13.2. The molecule has 0 saturated heterocycles. The Labute approximate surface area is 152 Å². The molecule has 2 aromatic rings. The number of ether oxygens (including phenoxy) is 3. The lowest BCUT2D eigenvalue weighted by molar-refractivity contribution is 0.0954. The minimum atomic E-state index is -0.221. The molecule has 0 saturated carbocycles. The van der Waals surface area contributed by atoms with Crippen molar-refractivity contribution >= 4 is 17.4 Å². The summed E-state index contributed by atoms with van der Waals surface area (Å²) in [5, 5.41) is 0. The number of hydrogen-bond acceptors (Lipinski definition) is 5. The van der Waals surface area contributed by atoms with Crippen LogP contribution in [0.3, 0.4) is 0 Å². The molecule has 0 bridgehead atoms. The van der Waals surface area contributed by atoms with Gasteiger partial charge in [-0.2, -0.15) is 0 Å². The first-order valence-electron chi connectivity index (χ1n) is 8.26. The minimum Gasteiger partial charge on any atom is -0.493 e. The number of fused-ring (bicyclic) bond motifs is 1. The van der Waals surface area contributed by atoms with Gasteiger partial charge in [0, 0.05) is 24.1 Å². The first-order valence-corrected chi connectivity index (χ1v) is 8.26. The van der Waals surface area contributed by atoms with Crippen molar-refractivity contribution < 1.29 is 23.8 Å². The third kappa shape index (κ3) is 2.98. The van der Waals surface area contributed by atoms with Crippen LogP contribution in [0, 0.1) is 6.92 Å². The number of benzene rings is 2. The molecule has 3 rings (SSSR count). The number of hydrogen-bond donors (Lipinski definition) is 0. The molecule has 0 spiro atoms. The summed E-state index contributed by atoms with van der Waals surface area (Å²) >= 11 is 0. The molecular weight excluding hydrogens is 334 g/mol. The van der Waals surface area contributed by atoms with Crippen LogP contribution in [0.4, 0.5) is 5.69 Å². The van der Waals surface area contributed by atoms with Crippen molar-refractivity contribution in [2.45, 2.75) is 13.3 Å². The number of nitrogens with zero attached hydrogens (tertiary/aromatic N) is 1. The Bertz CT molecular complexity index is 849. The first-order chi connectivity index (χ1) is 12.5. The van der Waals surface area contributed by atoms with Gasteiger partial charge in [-0.15, -0.1) is 0 Å². The van der Waals surface area contributed by atoms with Gasteiger partial charge >= 0.3 is 0 Å². The summed E-state index contributed by atoms with van der Waals surface area (Å²) in [4.78, 5) is 27.0. The molecule has 0 aromatic heterocycles. The van der Waals surface area contributed by atoms with Gasteiger partial charge in [0.1, 0.15) is 0 Å². The van der Waals surface area contributed by atoms with E-state index in [1.165, 1.54) is 21.3 Å². The van der Waals surface area contributed by atoms with Crippen molar-refractivity contribution in [2.24, 2.45) is 0 Å². The van der Waals surface area contributed by atoms with Gasteiger partial charge < -0.3 is 19.1 Å². The smallest absolute Gasteiger partial charge is 0.258 e. The maximum atomic E-state index is 13.2. The Hall–Kier alpha value is -3.02. The molecule has 0 N–H and O–H groups in total. The van der Waals surface area contributed by atoms with E-state index in [1.807, 2.05) is 25.1 Å². The molecule has 0 unspecified atom stereocenters. The van der Waals surface area contributed by atoms with E-state index >= 15 is 0 Å². The second-order valence-corrected chi connectivity index (χ2v) is 6.06. The summed E-state index contributed by atoms with van der Waals surface area (Å²) in [6.45, 7) is 2.26. The summed E-state index contributed by atoms with van der Waals surface area (Å²) in [5.74, 6) is 1.08. The number of carbonyl (C=O) groups is 2. The van der Waals surface area contributed by atoms with Crippen LogP contribution in [0.2, 0.25) is 0 Å². The molecule has 1 amide bonds. The Morgan fingerprint density at radius 3 is 2.23 bits per heavy atom. The Morgan fingerprint density at radius 2 is 1.65 bits per heavy atom. The lowest BCUT2D eigenvalue weighted by atomic mass is 9.97. The van der Waals surface area contributed by atoms with E-state index in [0.717, 1.165) is 5.56 Å². The standard InChI is InChI=1S/C20H21NO5/c1-12-5-6-15-14(9-12)16(22)7-8-21(15)20(23)13-10-17(24-2)19(26-4)18(11-13)25-3/h5-6,9-11H,7-8H2,1-4H3. The van der Waals surface area contributed by atoms with Crippen LogP contribution in [0.25, 0.3) is 0 Å². The predicted octanol–water partition coefficient (Wildman–Crippen LogP) is 3.25. The summed E-state index contributed by atoms with van der Waals surface area (Å²) in [7, 11) is 4.52. The van der Waals surface area contributed by atoms with Crippen molar-refractivity contribution in [3.05, 3.63) is 47.0 Å². The maximum Gasteiger partial charge on any atom is 0.258 e. The molecule has 1 aliphatic rings. The molecule has 2 aromatic carbocycles. The van der Waals surface area contributed by atoms with Gasteiger partial charge in [0.05, 0.1) is 27.0 Å². The average molecular weight is 355 g/mol. The van der Waals surface area contributed by atoms with Gasteiger partial charge in [0.25, 0.3) is 5.91 Å². The van der Waals surface area contributed by atoms with Crippen LogP contribution >= 0.6 is 0 Å². The number of rotatable bonds is 4. The fourth-order valence-corrected chi connectivity index (χ4v) is 3.15. The van der Waals surface area contributed by atoms with Gasteiger partial charge in [-0.1, -0.05) is 11.6 Å². The van der Waals surface area contributed by atoms with Crippen LogP contribution in [-0.2, 0) is 0 Å². The molecule has 0 atom stereocenters. The predicted molar refractivity (Wildman–Crippen MR) is 97.9 cm³/mol. The fourth-order valence-electron chi connectivity index (χ4n) is 3.15. The summed E-state index contributed by atoms with van der Waals surface area (Å²) in [6.07, 6.45) is 0.298. The lowest BCUT2D eigenvalue weighted by Crippen LogP contribution is -2.37. The first kappa shape index (κ1) is 17.8. The monoisotopic (exact) mass is 355 g/mol. The summed E-state index contributed by atoms with van der Waals surface area (Å²) < 4.78 is 16.0. The van der Waals surface area contributed by atoms with Crippen molar-refractivity contribution in [1.29, 1.82) is 0 Å². The Morgan fingerprint density at radius 1 is 1.00 bits per heavy atom. The highest BCUT2D eigenvalue weighted by Crippen LogP contribution is 2.39. The molecule has 0 fully saturated rings. The average Bonchev–Trinajstić information content (AvgIpc) is 2.66. The minimum absolute atomic E-state index is 0.0534. The van der Waals surface area contributed by atoms with Crippen LogP contribution < -0.4 is 19.1 Å². The third-order valence-corrected chi connectivity index (χ3v) is 4.46. The zero-order chi connectivity index (χ0) is 18.8. The van der Waals surface area contributed by atoms with Crippen LogP contribution in [0.1, 0.15) is 32.7 Å². The van der Waals surface area contributed by atoms with Crippen LogP contribution in [0.15, 0.2) is 30.3 Å². The van der Waals surface area contributed by atoms with E-state index < -0.39 is 0 Å². The van der Waals surface area contributed by atoms with E-state index in [2.05, 4.69) is 0 Å². The number of methoxy groups -OCH3 is 3. The Kier molecular flexibility index (Phi) is 4.84. The highest BCUT2D eigenvalue weighted by molar-refractivity contribution is 6.13. The topological polar surface area (TPSA) is 65.1 Å². The van der Waals surface area contributed by atoms with E-state index in [1.54, 1.807) is 17.0 Å². The molecular formula is C20H21NO5. The third-order valence-electron chi connectivity index (χ3n) is 4.46. The molecule has 6 heteroatoms. The zero-order valence-electron chi connectivity index (χ0n) is 15.3. The van der Waals surface area contributed by atoms with Gasteiger partial charge in [0.15, 0.2) is 17.3 Å². The number of amides is 1. The molecule has 136 valence electrons. The highest BCUT2D eigenvalue weighted by Gasteiger charge is 2.29. The number of ketones is 1. The number of Topliss-reactive ketones (excluding diaryl/α,β-unsaturated/α-hetero) is 1. The van der Waals surface area contributed by atoms with E-state index in [0.29, 0.717) is 47.0 Å². The van der Waals surface area contributed by atoms with Gasteiger partial charge in [-0.25, -0.2) is 0 Å². The molecule has 1 heterocycles. The lowest BCUT2D eigenvalue weighted by Gasteiger charge is -2.29. The second kappa shape index (κ2) is 7.07. The quantitative estimate of drug-likeness (QED) is 0.842. The maximum absolute atomic E-state index is 13.2. The largest absolute Gasteiger partial charge is 0.493 e. The van der Waals surface area contributed by atoms with Gasteiger partial charge in [-0.05, 0) is 31.2 Å². The SMILES string of the molecule is COc1cc(C(=O)N2CCC(=O)c3cc(C)ccc32)cc(OC)c1OC. The second-order valence-electron chi connectivity index (χ2n) is 6.06. The molecule has 26 heavy (non-hydrogen) atoms. The molecule has 1 aliphatic heterocycles. The van der Waals surface area contributed by atoms with Crippen LogP contribution in [0.5, 0.6) is 17.2 Å². The van der Waals surface area contributed by atoms with Crippen molar-refractivity contribution in [1.82, 2.24) is 0 Å². The summed E-state index contributed by atoms with van der Waals surface area (Å²) in [5.41, 5.74) is 2.60. The molecule has 6 nitrogen and oxygen atoms in total. The van der Waals surface area contributed by atoms with E-state index in [4.69, 9.17) is 14.2 Å². The van der Waals surface area contributed by atoms with Crippen molar-refractivity contribution in [2.75, 3.05) is 32.8 Å². The number of carbonyl (C=O) groups excluding carboxylic acids is 2. The zero-order valence-corrected chi connectivity index (χ0v) is 15.3. The highest BCUT2D eigenvalue weighted by atomic mass is 16.5. The van der Waals surface area contributed by atoms with Gasteiger partial charge in [-0.3, -0.25) is 9.59 Å². The summed E-state index contributed by atoms with van der Waals surface area (Å²) in [6, 6.07) is 8.78. The van der Waals surface area contributed by atoms with E-state index in [9.17, 15) is 9.59 Å². The molecule has 0 radical (unpaired) electrons. The number of anilines is 1.